The molecule has 0 fully saturated rings. The first-order valence-electron chi connectivity index (χ1n) is 6.68. The molecule has 106 valence electrons. The predicted octanol–water partition coefficient (Wildman–Crippen LogP) is 2.55. The van der Waals surface area contributed by atoms with Gasteiger partial charge in [0.05, 0.1) is 13.5 Å². The van der Waals surface area contributed by atoms with Crippen molar-refractivity contribution in [3.63, 3.8) is 0 Å². The van der Waals surface area contributed by atoms with E-state index in [1.807, 2.05) is 30.3 Å². The zero-order valence-corrected chi connectivity index (χ0v) is 11.8. The van der Waals surface area contributed by atoms with Gasteiger partial charge in [0.15, 0.2) is 5.82 Å². The number of aromatic amines is 1. The van der Waals surface area contributed by atoms with Crippen LogP contribution in [0.15, 0.2) is 30.3 Å². The number of carbonyl (C=O) groups excluding carboxylic acids is 1. The van der Waals surface area contributed by atoms with Gasteiger partial charge in [0.2, 0.25) is 5.91 Å². The van der Waals surface area contributed by atoms with Gasteiger partial charge in [-0.05, 0) is 24.1 Å². The van der Waals surface area contributed by atoms with Crippen molar-refractivity contribution in [3.05, 3.63) is 41.6 Å². The molecule has 1 aromatic heterocycles. The normalized spacial score (nSPS) is 10.3. The smallest absolute Gasteiger partial charge is 0.229 e. The quantitative estimate of drug-likeness (QED) is 0.850. The van der Waals surface area contributed by atoms with Crippen molar-refractivity contribution in [3.8, 4) is 5.75 Å². The second-order valence-corrected chi connectivity index (χ2v) is 4.60. The molecule has 0 atom stereocenters. The van der Waals surface area contributed by atoms with Crippen LogP contribution in [0.5, 0.6) is 5.75 Å². The average Bonchev–Trinajstić information content (AvgIpc) is 2.86. The lowest BCUT2D eigenvalue weighted by molar-refractivity contribution is -0.115. The van der Waals surface area contributed by atoms with Gasteiger partial charge >= 0.3 is 0 Å². The van der Waals surface area contributed by atoms with Crippen molar-refractivity contribution in [2.24, 2.45) is 0 Å². The standard InChI is InChI=1S/C15H19N3O2/c1-3-5-12-10-14(18-17-12)16-15(19)9-11-6-4-7-13(8-11)20-2/h4,6-8,10H,3,5,9H2,1-2H3,(H2,16,17,18,19). The molecular formula is C15H19N3O2. The van der Waals surface area contributed by atoms with Crippen molar-refractivity contribution in [1.29, 1.82) is 0 Å². The fourth-order valence-electron chi connectivity index (χ4n) is 1.98. The molecule has 2 N–H and O–H groups in total. The van der Waals surface area contributed by atoms with E-state index in [9.17, 15) is 4.79 Å². The Morgan fingerprint density at radius 1 is 1.40 bits per heavy atom. The third kappa shape index (κ3) is 3.85. The third-order valence-electron chi connectivity index (χ3n) is 2.92. The van der Waals surface area contributed by atoms with E-state index in [1.165, 1.54) is 0 Å². The Morgan fingerprint density at radius 3 is 3.00 bits per heavy atom. The number of aryl methyl sites for hydroxylation is 1. The molecule has 0 aliphatic heterocycles. The maximum absolute atomic E-state index is 11.9. The molecule has 0 saturated carbocycles. The van der Waals surface area contributed by atoms with Gasteiger partial charge in [0, 0.05) is 11.8 Å². The number of hydrogen-bond donors (Lipinski definition) is 2. The summed E-state index contributed by atoms with van der Waals surface area (Å²) in [7, 11) is 1.61. The molecule has 0 bridgehead atoms. The number of hydrogen-bond acceptors (Lipinski definition) is 3. The van der Waals surface area contributed by atoms with Gasteiger partial charge in [-0.25, -0.2) is 0 Å². The number of nitrogens with zero attached hydrogens (tertiary/aromatic N) is 1. The summed E-state index contributed by atoms with van der Waals surface area (Å²) in [6.45, 7) is 2.10. The van der Waals surface area contributed by atoms with Crippen LogP contribution < -0.4 is 10.1 Å². The van der Waals surface area contributed by atoms with Gasteiger partial charge in [-0.3, -0.25) is 9.89 Å². The van der Waals surface area contributed by atoms with Crippen LogP contribution >= 0.6 is 0 Å². The Kier molecular flexibility index (Phi) is 4.76. The number of H-pyrrole nitrogens is 1. The maximum atomic E-state index is 11.9. The zero-order chi connectivity index (χ0) is 14.4. The highest BCUT2D eigenvalue weighted by molar-refractivity contribution is 5.91. The number of carbonyl (C=O) groups is 1. The number of aromatic nitrogens is 2. The van der Waals surface area contributed by atoms with Gasteiger partial charge in [-0.2, -0.15) is 5.10 Å². The van der Waals surface area contributed by atoms with Gasteiger partial charge in [-0.1, -0.05) is 25.5 Å². The Bertz CT molecular complexity index is 578. The lowest BCUT2D eigenvalue weighted by atomic mass is 10.1. The average molecular weight is 273 g/mol. The summed E-state index contributed by atoms with van der Waals surface area (Å²) in [6, 6.07) is 9.34. The van der Waals surface area contributed by atoms with E-state index < -0.39 is 0 Å². The highest BCUT2D eigenvalue weighted by Gasteiger charge is 2.07. The van der Waals surface area contributed by atoms with Crippen LogP contribution in [0.2, 0.25) is 0 Å². The van der Waals surface area contributed by atoms with Crippen LogP contribution in [0.1, 0.15) is 24.6 Å². The summed E-state index contributed by atoms with van der Waals surface area (Å²) in [5.41, 5.74) is 1.94. The van der Waals surface area contributed by atoms with E-state index >= 15 is 0 Å². The first-order valence-corrected chi connectivity index (χ1v) is 6.68. The number of anilines is 1. The molecular weight excluding hydrogens is 254 g/mol. The topological polar surface area (TPSA) is 67.0 Å². The maximum Gasteiger partial charge on any atom is 0.229 e. The van der Waals surface area contributed by atoms with Crippen LogP contribution in [-0.2, 0) is 17.6 Å². The first kappa shape index (κ1) is 14.1. The number of benzene rings is 1. The summed E-state index contributed by atoms with van der Waals surface area (Å²) in [6.07, 6.45) is 2.27. The zero-order valence-electron chi connectivity index (χ0n) is 11.8. The van der Waals surface area contributed by atoms with Gasteiger partial charge in [0.1, 0.15) is 5.75 Å². The molecule has 1 amide bonds. The number of nitrogens with one attached hydrogen (secondary N) is 2. The molecule has 0 radical (unpaired) electrons. The molecule has 20 heavy (non-hydrogen) atoms. The summed E-state index contributed by atoms with van der Waals surface area (Å²) in [5, 5.41) is 9.76. The largest absolute Gasteiger partial charge is 0.497 e. The van der Waals surface area contributed by atoms with E-state index in [0.29, 0.717) is 12.2 Å². The molecule has 1 heterocycles. The lowest BCUT2D eigenvalue weighted by Gasteiger charge is -2.04. The fourth-order valence-corrected chi connectivity index (χ4v) is 1.98. The molecule has 2 aromatic rings. The second-order valence-electron chi connectivity index (χ2n) is 4.60. The number of amides is 1. The number of rotatable bonds is 6. The number of ether oxygens (including phenoxy) is 1. The van der Waals surface area contributed by atoms with Gasteiger partial charge in [-0.15, -0.1) is 0 Å². The summed E-state index contributed by atoms with van der Waals surface area (Å²) < 4.78 is 5.14. The lowest BCUT2D eigenvalue weighted by Crippen LogP contribution is -2.14. The minimum Gasteiger partial charge on any atom is -0.497 e. The number of methoxy groups -OCH3 is 1. The summed E-state index contributed by atoms with van der Waals surface area (Å²) in [5.74, 6) is 1.23. The van der Waals surface area contributed by atoms with Crippen LogP contribution in [0.4, 0.5) is 5.82 Å². The van der Waals surface area contributed by atoms with Gasteiger partial charge < -0.3 is 10.1 Å². The molecule has 0 spiro atoms. The molecule has 2 rings (SSSR count). The van der Waals surface area contributed by atoms with Crippen LogP contribution in [0.3, 0.4) is 0 Å². The van der Waals surface area contributed by atoms with E-state index in [1.54, 1.807) is 7.11 Å². The molecule has 0 aliphatic rings. The molecule has 0 saturated heterocycles. The minimum absolute atomic E-state index is 0.0900. The molecule has 0 aliphatic carbocycles. The van der Waals surface area contributed by atoms with E-state index in [0.717, 1.165) is 29.8 Å². The van der Waals surface area contributed by atoms with Crippen molar-refractivity contribution in [1.82, 2.24) is 10.2 Å². The van der Waals surface area contributed by atoms with Gasteiger partial charge in [0.25, 0.3) is 0 Å². The van der Waals surface area contributed by atoms with E-state index in [-0.39, 0.29) is 5.91 Å². The van der Waals surface area contributed by atoms with E-state index in [4.69, 9.17) is 4.74 Å². The van der Waals surface area contributed by atoms with E-state index in [2.05, 4.69) is 22.4 Å². The minimum atomic E-state index is -0.0900. The SMILES string of the molecule is CCCc1cc(NC(=O)Cc2cccc(OC)c2)n[nH]1. The summed E-state index contributed by atoms with van der Waals surface area (Å²) >= 11 is 0. The van der Waals surface area contributed by atoms with Crippen molar-refractivity contribution >= 4 is 11.7 Å². The Balaban J connectivity index is 1.94. The molecule has 0 unspecified atom stereocenters. The first-order chi connectivity index (χ1) is 9.71. The van der Waals surface area contributed by atoms with Crippen molar-refractivity contribution in [2.45, 2.75) is 26.2 Å². The Hall–Kier alpha value is -2.30. The Labute approximate surface area is 118 Å². The highest BCUT2D eigenvalue weighted by atomic mass is 16.5. The van der Waals surface area contributed by atoms with Crippen LogP contribution in [0, 0.1) is 0 Å². The Morgan fingerprint density at radius 2 is 2.25 bits per heavy atom. The predicted molar refractivity (Wildman–Crippen MR) is 77.9 cm³/mol. The highest BCUT2D eigenvalue weighted by Crippen LogP contribution is 2.14. The molecule has 5 nitrogen and oxygen atoms in total. The summed E-state index contributed by atoms with van der Waals surface area (Å²) in [4.78, 5) is 11.9. The van der Waals surface area contributed by atoms with Crippen LogP contribution in [-0.4, -0.2) is 23.2 Å². The van der Waals surface area contributed by atoms with Crippen LogP contribution in [0.25, 0.3) is 0 Å². The third-order valence-corrected chi connectivity index (χ3v) is 2.92. The van der Waals surface area contributed by atoms with Crippen molar-refractivity contribution in [2.75, 3.05) is 12.4 Å². The van der Waals surface area contributed by atoms with Crippen molar-refractivity contribution < 1.29 is 9.53 Å². The molecule has 1 aromatic carbocycles. The monoisotopic (exact) mass is 273 g/mol. The molecule has 5 heteroatoms. The second kappa shape index (κ2) is 6.75. The fraction of sp³-hybridized carbons (Fsp3) is 0.333.